The Balaban J connectivity index is 4.09. The van der Waals surface area contributed by atoms with Gasteiger partial charge in [-0.1, -0.05) is 0 Å². The Hall–Kier alpha value is -0.790. The van der Waals surface area contributed by atoms with Gasteiger partial charge >= 0.3 is 5.97 Å². The number of carbonyl (C=O) groups is 2. The van der Waals surface area contributed by atoms with Gasteiger partial charge in [-0.3, -0.25) is 4.79 Å². The van der Waals surface area contributed by atoms with Crippen molar-refractivity contribution in [1.82, 2.24) is 5.32 Å². The van der Waals surface area contributed by atoms with Crippen molar-refractivity contribution in [1.29, 1.82) is 0 Å². The molecule has 0 spiro atoms. The standard InChI is InChI=1S/C6H12N2O4S/c7-3(2-13)5(10)8-4(1-9)6(11)12/h3-4,9,13H,1-2,7H2,(H,8,10)(H,11,12)/t3-,4-/m0/s1. The molecule has 0 radical (unpaired) electrons. The van der Waals surface area contributed by atoms with Crippen molar-refractivity contribution in [2.75, 3.05) is 12.4 Å². The first-order valence-corrected chi connectivity index (χ1v) is 4.16. The Kier molecular flexibility index (Phi) is 5.44. The molecule has 6 nitrogen and oxygen atoms in total. The predicted molar refractivity (Wildman–Crippen MR) is 48.5 cm³/mol. The van der Waals surface area contributed by atoms with E-state index < -0.39 is 30.6 Å². The lowest BCUT2D eigenvalue weighted by molar-refractivity contribution is -0.143. The first kappa shape index (κ1) is 12.2. The van der Waals surface area contributed by atoms with Crippen LogP contribution in [0.1, 0.15) is 0 Å². The van der Waals surface area contributed by atoms with E-state index in [0.29, 0.717) is 0 Å². The van der Waals surface area contributed by atoms with Crippen molar-refractivity contribution in [3.05, 3.63) is 0 Å². The SMILES string of the molecule is N[C@@H](CS)C(=O)N[C@@H](CO)C(=O)O. The van der Waals surface area contributed by atoms with Gasteiger partial charge in [-0.25, -0.2) is 4.79 Å². The van der Waals surface area contributed by atoms with Gasteiger partial charge in [-0.05, 0) is 0 Å². The number of carboxylic acid groups (broad SMARTS) is 1. The van der Waals surface area contributed by atoms with Crippen LogP contribution in [0.4, 0.5) is 0 Å². The molecule has 0 aliphatic carbocycles. The Bertz CT molecular complexity index is 199. The molecule has 0 bridgehead atoms. The lowest BCUT2D eigenvalue weighted by atomic mass is 10.2. The molecule has 0 aromatic carbocycles. The van der Waals surface area contributed by atoms with Crippen molar-refractivity contribution in [2.45, 2.75) is 12.1 Å². The van der Waals surface area contributed by atoms with Crippen LogP contribution in [0.15, 0.2) is 0 Å². The van der Waals surface area contributed by atoms with Crippen LogP contribution < -0.4 is 11.1 Å². The highest BCUT2D eigenvalue weighted by molar-refractivity contribution is 7.80. The molecule has 0 heterocycles. The minimum atomic E-state index is -1.31. The first-order valence-electron chi connectivity index (χ1n) is 3.53. The largest absolute Gasteiger partial charge is 0.480 e. The smallest absolute Gasteiger partial charge is 0.328 e. The highest BCUT2D eigenvalue weighted by atomic mass is 32.1. The van der Waals surface area contributed by atoms with Crippen LogP contribution in [0.2, 0.25) is 0 Å². The number of thiol groups is 1. The van der Waals surface area contributed by atoms with Gasteiger partial charge in [0.1, 0.15) is 6.04 Å². The molecular weight excluding hydrogens is 196 g/mol. The number of aliphatic carboxylic acids is 1. The number of hydrogen-bond acceptors (Lipinski definition) is 5. The second-order valence-electron chi connectivity index (χ2n) is 2.37. The van der Waals surface area contributed by atoms with Crippen LogP contribution in [0.25, 0.3) is 0 Å². The topological polar surface area (TPSA) is 113 Å². The number of aliphatic hydroxyl groups is 1. The second kappa shape index (κ2) is 5.79. The molecule has 0 unspecified atom stereocenters. The number of nitrogens with one attached hydrogen (secondary N) is 1. The number of rotatable bonds is 5. The highest BCUT2D eigenvalue weighted by Gasteiger charge is 2.21. The predicted octanol–water partition coefficient (Wildman–Crippen LogP) is -2.19. The van der Waals surface area contributed by atoms with Crippen LogP contribution >= 0.6 is 12.6 Å². The normalized spacial score (nSPS) is 14.7. The fraction of sp³-hybridized carbons (Fsp3) is 0.667. The number of aliphatic hydroxyl groups excluding tert-OH is 1. The van der Waals surface area contributed by atoms with Crippen molar-refractivity contribution in [3.8, 4) is 0 Å². The van der Waals surface area contributed by atoms with E-state index in [4.69, 9.17) is 15.9 Å². The molecule has 0 aliphatic heterocycles. The minimum absolute atomic E-state index is 0.115. The zero-order chi connectivity index (χ0) is 10.4. The average molecular weight is 208 g/mol. The molecule has 5 N–H and O–H groups in total. The molecule has 0 saturated carbocycles. The number of amides is 1. The van der Waals surface area contributed by atoms with Gasteiger partial charge in [0.25, 0.3) is 0 Å². The monoisotopic (exact) mass is 208 g/mol. The van der Waals surface area contributed by atoms with Crippen LogP contribution in [0, 0.1) is 0 Å². The van der Waals surface area contributed by atoms with Crippen LogP contribution in [-0.2, 0) is 9.59 Å². The lowest BCUT2D eigenvalue weighted by Crippen LogP contribution is -2.50. The quantitative estimate of drug-likeness (QED) is 0.329. The average Bonchev–Trinajstić information content (AvgIpc) is 2.11. The van der Waals surface area contributed by atoms with Crippen molar-refractivity contribution in [2.24, 2.45) is 5.73 Å². The third-order valence-electron chi connectivity index (χ3n) is 1.33. The van der Waals surface area contributed by atoms with E-state index in [1.807, 2.05) is 0 Å². The Morgan fingerprint density at radius 1 is 1.54 bits per heavy atom. The molecule has 0 aromatic heterocycles. The van der Waals surface area contributed by atoms with Crippen molar-refractivity contribution < 1.29 is 19.8 Å². The fourth-order valence-corrected chi connectivity index (χ4v) is 0.713. The minimum Gasteiger partial charge on any atom is -0.480 e. The summed E-state index contributed by atoms with van der Waals surface area (Å²) < 4.78 is 0. The van der Waals surface area contributed by atoms with Gasteiger partial charge in [0, 0.05) is 5.75 Å². The summed E-state index contributed by atoms with van der Waals surface area (Å²) in [4.78, 5) is 21.3. The fourth-order valence-electron chi connectivity index (χ4n) is 0.547. The summed E-state index contributed by atoms with van der Waals surface area (Å²) in [7, 11) is 0. The summed E-state index contributed by atoms with van der Waals surface area (Å²) in [6.45, 7) is -0.666. The summed E-state index contributed by atoms with van der Waals surface area (Å²) in [5.74, 6) is -1.83. The zero-order valence-electron chi connectivity index (χ0n) is 6.80. The van der Waals surface area contributed by atoms with Gasteiger partial charge in [0.05, 0.1) is 12.6 Å². The molecule has 0 aliphatic rings. The van der Waals surface area contributed by atoms with Crippen molar-refractivity contribution in [3.63, 3.8) is 0 Å². The third-order valence-corrected chi connectivity index (χ3v) is 1.72. The molecule has 13 heavy (non-hydrogen) atoms. The maximum atomic E-state index is 11.0. The summed E-state index contributed by atoms with van der Waals surface area (Å²) in [6.07, 6.45) is 0. The van der Waals surface area contributed by atoms with E-state index in [0.717, 1.165) is 0 Å². The zero-order valence-corrected chi connectivity index (χ0v) is 7.70. The van der Waals surface area contributed by atoms with E-state index >= 15 is 0 Å². The summed E-state index contributed by atoms with van der Waals surface area (Å²) in [6, 6.07) is -2.17. The van der Waals surface area contributed by atoms with E-state index in [1.54, 1.807) is 0 Å². The Morgan fingerprint density at radius 3 is 2.38 bits per heavy atom. The van der Waals surface area contributed by atoms with E-state index in [1.165, 1.54) is 0 Å². The van der Waals surface area contributed by atoms with Gasteiger partial charge < -0.3 is 21.3 Å². The number of nitrogens with two attached hydrogens (primary N) is 1. The third kappa shape index (κ3) is 4.11. The molecule has 0 aromatic rings. The summed E-state index contributed by atoms with van der Waals surface area (Å²) in [5, 5.41) is 19.0. The maximum absolute atomic E-state index is 11.0. The first-order chi connectivity index (χ1) is 6.02. The molecular formula is C6H12N2O4S. The molecule has 76 valence electrons. The highest BCUT2D eigenvalue weighted by Crippen LogP contribution is 1.87. The number of carbonyl (C=O) groups excluding carboxylic acids is 1. The maximum Gasteiger partial charge on any atom is 0.328 e. The Morgan fingerprint density at radius 2 is 2.08 bits per heavy atom. The lowest BCUT2D eigenvalue weighted by Gasteiger charge is -2.14. The molecule has 0 rings (SSSR count). The van der Waals surface area contributed by atoms with Crippen LogP contribution in [-0.4, -0.2) is 46.5 Å². The molecule has 1 amide bonds. The number of carboxylic acids is 1. The van der Waals surface area contributed by atoms with Gasteiger partial charge in [0.15, 0.2) is 0 Å². The van der Waals surface area contributed by atoms with E-state index in [-0.39, 0.29) is 5.75 Å². The molecule has 2 atom stereocenters. The molecule has 0 fully saturated rings. The molecule has 0 saturated heterocycles. The van der Waals surface area contributed by atoms with Gasteiger partial charge in [0.2, 0.25) is 5.91 Å². The van der Waals surface area contributed by atoms with Gasteiger partial charge in [-0.15, -0.1) is 0 Å². The number of hydrogen-bond donors (Lipinski definition) is 5. The van der Waals surface area contributed by atoms with Crippen LogP contribution in [0.3, 0.4) is 0 Å². The molecule has 7 heteroatoms. The van der Waals surface area contributed by atoms with Gasteiger partial charge in [-0.2, -0.15) is 12.6 Å². The van der Waals surface area contributed by atoms with E-state index in [2.05, 4.69) is 17.9 Å². The van der Waals surface area contributed by atoms with Crippen LogP contribution in [0.5, 0.6) is 0 Å². The van der Waals surface area contributed by atoms with E-state index in [9.17, 15) is 9.59 Å². The summed E-state index contributed by atoms with van der Waals surface area (Å²) in [5.41, 5.74) is 5.26. The Labute approximate surface area is 80.5 Å². The second-order valence-corrected chi connectivity index (χ2v) is 2.74. The summed E-state index contributed by atoms with van der Waals surface area (Å²) >= 11 is 3.76. The van der Waals surface area contributed by atoms with Crippen molar-refractivity contribution >= 4 is 24.5 Å².